The molecular weight excluding hydrogens is 412 g/mol. The summed E-state index contributed by atoms with van der Waals surface area (Å²) < 4.78 is 19.1. The zero-order valence-corrected chi connectivity index (χ0v) is 21.6. The van der Waals surface area contributed by atoms with Crippen LogP contribution in [-0.4, -0.2) is 30.6 Å². The molecule has 6 fully saturated rings. The summed E-state index contributed by atoms with van der Waals surface area (Å²) in [6.45, 7) is 12.4. The Balaban J connectivity index is 1.21. The summed E-state index contributed by atoms with van der Waals surface area (Å²) in [6, 6.07) is 0. The van der Waals surface area contributed by atoms with Crippen LogP contribution in [-0.2, 0) is 19.0 Å². The SMILES string of the molecule is CC(=O)O[C@@H]1CC[C@@]2(C)[C@H](CC[C@@H]3[C@H]2CC[C@]2(C)[C@@H]4[C@@H](C)[C@@]5(CC[C@@H](C)CO5)O[C@@H]4C[C@H]32)C1. The second kappa shape index (κ2) is 7.69. The average Bonchev–Trinajstić information content (AvgIpc) is 3.21. The molecule has 6 aliphatic rings. The number of carbonyl (C=O) groups excluding carboxylic acids is 1. The summed E-state index contributed by atoms with van der Waals surface area (Å²) in [7, 11) is 0. The fourth-order valence-electron chi connectivity index (χ4n) is 10.6. The number of rotatable bonds is 1. The lowest BCUT2D eigenvalue weighted by Crippen LogP contribution is -2.55. The second-order valence-corrected chi connectivity index (χ2v) is 13.7. The first-order valence-electron chi connectivity index (χ1n) is 14.2. The quantitative estimate of drug-likeness (QED) is 0.429. The van der Waals surface area contributed by atoms with E-state index in [1.807, 2.05) is 0 Å². The van der Waals surface area contributed by atoms with Gasteiger partial charge in [0.15, 0.2) is 5.79 Å². The van der Waals surface area contributed by atoms with Crippen LogP contribution in [0, 0.1) is 52.3 Å². The van der Waals surface area contributed by atoms with E-state index < -0.39 is 0 Å². The smallest absolute Gasteiger partial charge is 0.302 e. The zero-order valence-electron chi connectivity index (χ0n) is 21.6. The number of fused-ring (bicyclic) bond motifs is 7. The fraction of sp³-hybridized carbons (Fsp3) is 0.966. The van der Waals surface area contributed by atoms with Crippen molar-refractivity contribution < 1.29 is 19.0 Å². The van der Waals surface area contributed by atoms with Crippen molar-refractivity contribution in [1.82, 2.24) is 0 Å². The van der Waals surface area contributed by atoms with Crippen LogP contribution >= 0.6 is 0 Å². The minimum Gasteiger partial charge on any atom is -0.463 e. The highest BCUT2D eigenvalue weighted by Gasteiger charge is 2.69. The van der Waals surface area contributed by atoms with Crippen molar-refractivity contribution in [3.05, 3.63) is 0 Å². The van der Waals surface area contributed by atoms with E-state index in [0.717, 1.165) is 49.5 Å². The highest BCUT2D eigenvalue weighted by molar-refractivity contribution is 5.66. The normalized spacial score (nSPS) is 57.7. The van der Waals surface area contributed by atoms with Crippen molar-refractivity contribution in [3.63, 3.8) is 0 Å². The molecule has 0 N–H and O–H groups in total. The first-order valence-corrected chi connectivity index (χ1v) is 14.2. The summed E-state index contributed by atoms with van der Waals surface area (Å²) in [5.41, 5.74) is 0.828. The van der Waals surface area contributed by atoms with E-state index in [4.69, 9.17) is 14.2 Å². The third-order valence-electron chi connectivity index (χ3n) is 12.2. The van der Waals surface area contributed by atoms with Gasteiger partial charge >= 0.3 is 5.97 Å². The van der Waals surface area contributed by atoms with Gasteiger partial charge in [0.1, 0.15) is 6.10 Å². The van der Waals surface area contributed by atoms with Gasteiger partial charge in [-0.2, -0.15) is 0 Å². The van der Waals surface area contributed by atoms with E-state index in [2.05, 4.69) is 27.7 Å². The van der Waals surface area contributed by atoms with Gasteiger partial charge in [0.2, 0.25) is 0 Å². The highest BCUT2D eigenvalue weighted by Crippen LogP contribution is 2.71. The molecule has 33 heavy (non-hydrogen) atoms. The Kier molecular flexibility index (Phi) is 5.32. The van der Waals surface area contributed by atoms with Gasteiger partial charge in [-0.25, -0.2) is 0 Å². The molecule has 186 valence electrons. The van der Waals surface area contributed by atoms with Crippen molar-refractivity contribution in [2.24, 2.45) is 52.3 Å². The van der Waals surface area contributed by atoms with Crippen molar-refractivity contribution in [3.8, 4) is 0 Å². The number of carbonyl (C=O) groups is 1. The second-order valence-electron chi connectivity index (χ2n) is 13.7. The molecule has 0 radical (unpaired) electrons. The molecule has 4 nitrogen and oxygen atoms in total. The van der Waals surface area contributed by atoms with Crippen molar-refractivity contribution in [2.75, 3.05) is 6.61 Å². The third kappa shape index (κ3) is 3.25. The molecule has 4 saturated carbocycles. The average molecular weight is 459 g/mol. The largest absolute Gasteiger partial charge is 0.463 e. The molecule has 0 unspecified atom stereocenters. The number of hydrogen-bond acceptors (Lipinski definition) is 4. The van der Waals surface area contributed by atoms with E-state index in [9.17, 15) is 4.79 Å². The lowest BCUT2D eigenvalue weighted by Gasteiger charge is -2.61. The topological polar surface area (TPSA) is 44.8 Å². The third-order valence-corrected chi connectivity index (χ3v) is 12.2. The van der Waals surface area contributed by atoms with Crippen LogP contribution in [0.4, 0.5) is 0 Å². The Hall–Kier alpha value is -0.610. The molecule has 6 rings (SSSR count). The van der Waals surface area contributed by atoms with E-state index in [1.54, 1.807) is 6.92 Å². The predicted molar refractivity (Wildman–Crippen MR) is 127 cm³/mol. The van der Waals surface area contributed by atoms with Crippen molar-refractivity contribution in [2.45, 2.75) is 117 Å². The fourth-order valence-corrected chi connectivity index (χ4v) is 10.6. The standard InChI is InChI=1S/C29H46O4/c1-17-8-13-29(31-16-17)18(2)26-25(33-29)15-24-22-7-6-20-14-21(32-19(3)30)9-11-27(20,4)23(22)10-12-28(24,26)5/h17-18,20-26H,6-16H2,1-5H3/t17-,18-,20-,21-,22-,23-,24-,25-,26-,27+,28+,29-/m1/s1. The van der Waals surface area contributed by atoms with Crippen LogP contribution in [0.1, 0.15) is 98.8 Å². The van der Waals surface area contributed by atoms with Gasteiger partial charge in [-0.3, -0.25) is 4.79 Å². The molecule has 0 aromatic carbocycles. The number of esters is 1. The Morgan fingerprint density at radius 2 is 1.70 bits per heavy atom. The van der Waals surface area contributed by atoms with Crippen LogP contribution in [0.3, 0.4) is 0 Å². The summed E-state index contributed by atoms with van der Waals surface area (Å²) in [6.07, 6.45) is 12.9. The molecule has 0 aromatic rings. The molecule has 0 aromatic heterocycles. The Labute approximate surface area is 200 Å². The molecular formula is C29H46O4. The van der Waals surface area contributed by atoms with Crippen molar-refractivity contribution >= 4 is 5.97 Å². The molecule has 4 aliphatic carbocycles. The number of ether oxygens (including phenoxy) is 3. The zero-order chi connectivity index (χ0) is 23.2. The minimum absolute atomic E-state index is 0.105. The molecule has 4 heteroatoms. The minimum atomic E-state index is -0.300. The van der Waals surface area contributed by atoms with Crippen LogP contribution in [0.2, 0.25) is 0 Å². The molecule has 2 aliphatic heterocycles. The predicted octanol–water partition coefficient (Wildman–Crippen LogP) is 6.36. The molecule has 12 atom stereocenters. The molecule has 2 heterocycles. The van der Waals surface area contributed by atoms with Gasteiger partial charge in [0.05, 0.1) is 12.7 Å². The Morgan fingerprint density at radius 3 is 2.42 bits per heavy atom. The van der Waals surface area contributed by atoms with Gasteiger partial charge in [-0.15, -0.1) is 0 Å². The van der Waals surface area contributed by atoms with Crippen LogP contribution in [0.5, 0.6) is 0 Å². The maximum atomic E-state index is 11.5. The Bertz CT molecular complexity index is 786. The maximum Gasteiger partial charge on any atom is 0.302 e. The van der Waals surface area contributed by atoms with Gasteiger partial charge in [-0.1, -0.05) is 27.7 Å². The first kappa shape index (κ1) is 22.8. The molecule has 2 saturated heterocycles. The van der Waals surface area contributed by atoms with Gasteiger partial charge in [-0.05, 0) is 104 Å². The van der Waals surface area contributed by atoms with Gasteiger partial charge in [0, 0.05) is 19.3 Å². The van der Waals surface area contributed by atoms with E-state index in [-0.39, 0.29) is 17.9 Å². The van der Waals surface area contributed by atoms with E-state index >= 15 is 0 Å². The summed E-state index contributed by atoms with van der Waals surface area (Å²) in [5.74, 6) is 4.63. The van der Waals surface area contributed by atoms with E-state index in [1.165, 1.54) is 44.9 Å². The van der Waals surface area contributed by atoms with Gasteiger partial charge < -0.3 is 14.2 Å². The lowest BCUT2D eigenvalue weighted by molar-refractivity contribution is -0.273. The van der Waals surface area contributed by atoms with E-state index in [0.29, 0.717) is 34.7 Å². The first-order chi connectivity index (χ1) is 15.7. The summed E-state index contributed by atoms with van der Waals surface area (Å²) in [4.78, 5) is 11.5. The Morgan fingerprint density at radius 1 is 0.909 bits per heavy atom. The monoisotopic (exact) mass is 458 g/mol. The summed E-state index contributed by atoms with van der Waals surface area (Å²) in [5, 5.41) is 0. The molecule has 1 spiro atoms. The highest BCUT2D eigenvalue weighted by atomic mass is 16.7. The summed E-state index contributed by atoms with van der Waals surface area (Å²) >= 11 is 0. The molecule has 0 bridgehead atoms. The van der Waals surface area contributed by atoms with Crippen molar-refractivity contribution in [1.29, 1.82) is 0 Å². The van der Waals surface area contributed by atoms with Gasteiger partial charge in [0.25, 0.3) is 0 Å². The van der Waals surface area contributed by atoms with Crippen LogP contribution in [0.25, 0.3) is 0 Å². The van der Waals surface area contributed by atoms with Crippen LogP contribution in [0.15, 0.2) is 0 Å². The van der Waals surface area contributed by atoms with Crippen LogP contribution < -0.4 is 0 Å². The maximum absolute atomic E-state index is 11.5. The molecule has 0 amide bonds. The number of hydrogen-bond donors (Lipinski definition) is 0. The lowest BCUT2D eigenvalue weighted by atomic mass is 9.44.